The Labute approximate surface area is 94.2 Å². The van der Waals surface area contributed by atoms with Gasteiger partial charge in [-0.1, -0.05) is 13.0 Å². The van der Waals surface area contributed by atoms with Crippen molar-refractivity contribution in [3.05, 3.63) is 30.5 Å². The van der Waals surface area contributed by atoms with Crippen LogP contribution < -0.4 is 4.74 Å². The summed E-state index contributed by atoms with van der Waals surface area (Å²) in [5.74, 6) is 1.93. The van der Waals surface area contributed by atoms with E-state index in [0.29, 0.717) is 18.4 Å². The highest BCUT2D eigenvalue weighted by Crippen LogP contribution is 2.24. The summed E-state index contributed by atoms with van der Waals surface area (Å²) in [6, 6.07) is 8.03. The normalized spacial score (nSPS) is 12.9. The van der Waals surface area contributed by atoms with Gasteiger partial charge in [-0.25, -0.2) is 0 Å². The molecule has 0 aliphatic heterocycles. The van der Waals surface area contributed by atoms with Crippen molar-refractivity contribution in [2.24, 2.45) is 5.92 Å². The van der Waals surface area contributed by atoms with E-state index in [-0.39, 0.29) is 0 Å². The lowest BCUT2D eigenvalue weighted by atomic mass is 10.2. The van der Waals surface area contributed by atoms with Gasteiger partial charge in [-0.15, -0.1) is 11.6 Å². The number of ether oxygens (including phenoxy) is 1. The molecule has 1 atom stereocenters. The molecule has 15 heavy (non-hydrogen) atoms. The van der Waals surface area contributed by atoms with Gasteiger partial charge in [0.25, 0.3) is 0 Å². The highest BCUT2D eigenvalue weighted by Gasteiger charge is 2.05. The molecule has 2 aromatic rings. The highest BCUT2D eigenvalue weighted by atomic mass is 35.5. The Hall–Kier alpha value is -1.15. The van der Waals surface area contributed by atoms with E-state index in [0.717, 1.165) is 16.7 Å². The number of aromatic amines is 1. The van der Waals surface area contributed by atoms with Crippen LogP contribution in [0.3, 0.4) is 0 Å². The van der Waals surface area contributed by atoms with Gasteiger partial charge in [-0.3, -0.25) is 0 Å². The minimum absolute atomic E-state index is 0.376. The fraction of sp³-hybridized carbons (Fsp3) is 0.333. The maximum absolute atomic E-state index is 5.73. The van der Waals surface area contributed by atoms with E-state index in [1.165, 1.54) is 0 Å². The zero-order valence-electron chi connectivity index (χ0n) is 8.66. The highest BCUT2D eigenvalue weighted by molar-refractivity contribution is 6.18. The predicted octanol–water partition coefficient (Wildman–Crippen LogP) is 3.42. The third-order valence-electron chi connectivity index (χ3n) is 2.34. The second kappa shape index (κ2) is 4.58. The molecule has 1 N–H and O–H groups in total. The molecule has 2 rings (SSSR count). The third kappa shape index (κ3) is 2.26. The van der Waals surface area contributed by atoms with Gasteiger partial charge in [-0.05, 0) is 18.2 Å². The van der Waals surface area contributed by atoms with Crippen molar-refractivity contribution in [1.82, 2.24) is 4.98 Å². The summed E-state index contributed by atoms with van der Waals surface area (Å²) in [4.78, 5) is 3.16. The summed E-state index contributed by atoms with van der Waals surface area (Å²) in [6.07, 6.45) is 1.92. The average Bonchev–Trinajstić information content (AvgIpc) is 2.74. The molecule has 1 heterocycles. The maximum atomic E-state index is 5.73. The van der Waals surface area contributed by atoms with Gasteiger partial charge in [0.05, 0.1) is 6.61 Å². The van der Waals surface area contributed by atoms with Crippen LogP contribution in [0.2, 0.25) is 0 Å². The second-order valence-corrected chi connectivity index (χ2v) is 4.07. The Morgan fingerprint density at radius 3 is 3.07 bits per heavy atom. The van der Waals surface area contributed by atoms with Crippen molar-refractivity contribution in [3.8, 4) is 5.75 Å². The smallest absolute Gasteiger partial charge is 0.128 e. The summed E-state index contributed by atoms with van der Waals surface area (Å²) in [6.45, 7) is 2.73. The number of fused-ring (bicyclic) bond motifs is 1. The molecule has 1 aromatic heterocycles. The van der Waals surface area contributed by atoms with Gasteiger partial charge in [0.15, 0.2) is 0 Å². The largest absolute Gasteiger partial charge is 0.493 e. The molecule has 3 heteroatoms. The van der Waals surface area contributed by atoms with E-state index in [2.05, 4.69) is 11.9 Å². The summed E-state index contributed by atoms with van der Waals surface area (Å²) in [5.41, 5.74) is 1.10. The molecule has 0 aliphatic carbocycles. The topological polar surface area (TPSA) is 25.0 Å². The number of hydrogen-bond donors (Lipinski definition) is 1. The average molecular weight is 224 g/mol. The molecule has 0 bridgehead atoms. The number of alkyl halides is 1. The van der Waals surface area contributed by atoms with E-state index in [9.17, 15) is 0 Å². The predicted molar refractivity (Wildman–Crippen MR) is 63.7 cm³/mol. The van der Waals surface area contributed by atoms with Crippen LogP contribution in [0.4, 0.5) is 0 Å². The summed E-state index contributed by atoms with van der Waals surface area (Å²) in [5, 5.41) is 1.12. The number of aromatic nitrogens is 1. The molecule has 0 amide bonds. The van der Waals surface area contributed by atoms with Gasteiger partial charge in [0, 0.05) is 28.9 Å². The van der Waals surface area contributed by atoms with Gasteiger partial charge in [0.1, 0.15) is 5.75 Å². The Morgan fingerprint density at radius 1 is 1.40 bits per heavy atom. The monoisotopic (exact) mass is 223 g/mol. The van der Waals surface area contributed by atoms with Gasteiger partial charge < -0.3 is 9.72 Å². The number of hydrogen-bond acceptors (Lipinski definition) is 1. The van der Waals surface area contributed by atoms with Gasteiger partial charge in [0.2, 0.25) is 0 Å². The SMILES string of the molecule is CC(CCl)COc1cccc2[nH]ccc12. The van der Waals surface area contributed by atoms with Crippen LogP contribution in [0, 0.1) is 5.92 Å². The molecule has 2 nitrogen and oxygen atoms in total. The van der Waals surface area contributed by atoms with Crippen LogP contribution in [0.15, 0.2) is 30.5 Å². The van der Waals surface area contributed by atoms with E-state index in [4.69, 9.17) is 16.3 Å². The van der Waals surface area contributed by atoms with Crippen molar-refractivity contribution >= 4 is 22.5 Å². The fourth-order valence-electron chi connectivity index (χ4n) is 1.46. The summed E-state index contributed by atoms with van der Waals surface area (Å²) >= 11 is 5.73. The van der Waals surface area contributed by atoms with E-state index >= 15 is 0 Å². The van der Waals surface area contributed by atoms with Crippen LogP contribution in [0.5, 0.6) is 5.75 Å². The first kappa shape index (κ1) is 10.4. The molecule has 1 unspecified atom stereocenters. The Kier molecular flexibility index (Phi) is 3.17. The maximum Gasteiger partial charge on any atom is 0.128 e. The number of nitrogens with one attached hydrogen (secondary N) is 1. The molecule has 0 spiro atoms. The lowest BCUT2D eigenvalue weighted by Crippen LogP contribution is -2.09. The molecule has 80 valence electrons. The van der Waals surface area contributed by atoms with Crippen LogP contribution >= 0.6 is 11.6 Å². The summed E-state index contributed by atoms with van der Waals surface area (Å²) < 4.78 is 5.73. The lowest BCUT2D eigenvalue weighted by molar-refractivity contribution is 0.276. The number of halogens is 1. The first-order valence-electron chi connectivity index (χ1n) is 5.06. The summed E-state index contributed by atoms with van der Waals surface area (Å²) in [7, 11) is 0. The number of rotatable bonds is 4. The first-order valence-corrected chi connectivity index (χ1v) is 5.59. The van der Waals surface area contributed by atoms with Crippen LogP contribution in [0.1, 0.15) is 6.92 Å². The van der Waals surface area contributed by atoms with Crippen molar-refractivity contribution in [2.75, 3.05) is 12.5 Å². The minimum atomic E-state index is 0.376. The number of benzene rings is 1. The van der Waals surface area contributed by atoms with Gasteiger partial charge >= 0.3 is 0 Å². The lowest BCUT2D eigenvalue weighted by Gasteiger charge is -2.10. The van der Waals surface area contributed by atoms with E-state index < -0.39 is 0 Å². The quantitative estimate of drug-likeness (QED) is 0.790. The van der Waals surface area contributed by atoms with Crippen molar-refractivity contribution < 1.29 is 4.74 Å². The molecule has 0 aliphatic rings. The fourth-order valence-corrected chi connectivity index (χ4v) is 1.55. The zero-order chi connectivity index (χ0) is 10.7. The minimum Gasteiger partial charge on any atom is -0.493 e. The van der Waals surface area contributed by atoms with Crippen LogP contribution in [-0.2, 0) is 0 Å². The Morgan fingerprint density at radius 2 is 2.27 bits per heavy atom. The molecular weight excluding hydrogens is 210 g/mol. The van der Waals surface area contributed by atoms with E-state index in [1.54, 1.807) is 0 Å². The third-order valence-corrected chi connectivity index (χ3v) is 2.87. The molecule has 0 fully saturated rings. The molecule has 0 radical (unpaired) electrons. The van der Waals surface area contributed by atoms with Crippen molar-refractivity contribution in [2.45, 2.75) is 6.92 Å². The molecule has 0 saturated heterocycles. The molecular formula is C12H14ClNO. The van der Waals surface area contributed by atoms with Gasteiger partial charge in [-0.2, -0.15) is 0 Å². The van der Waals surface area contributed by atoms with Crippen molar-refractivity contribution in [1.29, 1.82) is 0 Å². The number of H-pyrrole nitrogens is 1. The first-order chi connectivity index (χ1) is 7.31. The zero-order valence-corrected chi connectivity index (χ0v) is 9.42. The van der Waals surface area contributed by atoms with Crippen LogP contribution in [-0.4, -0.2) is 17.5 Å². The Bertz CT molecular complexity index is 438. The van der Waals surface area contributed by atoms with Crippen LogP contribution in [0.25, 0.3) is 10.9 Å². The second-order valence-electron chi connectivity index (χ2n) is 3.77. The molecule has 0 saturated carbocycles. The standard InChI is InChI=1S/C12H14ClNO/c1-9(7-13)8-15-12-4-2-3-11-10(12)5-6-14-11/h2-6,9,14H,7-8H2,1H3. The van der Waals surface area contributed by atoms with Crippen molar-refractivity contribution in [3.63, 3.8) is 0 Å². The Balaban J connectivity index is 2.17. The van der Waals surface area contributed by atoms with E-state index in [1.807, 2.05) is 30.5 Å². The molecule has 1 aromatic carbocycles.